The molecule has 1 amide bonds. The van der Waals surface area contributed by atoms with Gasteiger partial charge in [0.05, 0.1) is 0 Å². The van der Waals surface area contributed by atoms with Crippen molar-refractivity contribution >= 4 is 34.7 Å². The molecule has 0 saturated carbocycles. The van der Waals surface area contributed by atoms with E-state index in [0.717, 1.165) is 5.56 Å². The summed E-state index contributed by atoms with van der Waals surface area (Å²) in [5.41, 5.74) is 1.62. The molecule has 4 rings (SSSR count). The summed E-state index contributed by atoms with van der Waals surface area (Å²) in [4.78, 5) is 14.5. The van der Waals surface area contributed by atoms with Gasteiger partial charge in [0, 0.05) is 29.7 Å². The Labute approximate surface area is 174 Å². The molecule has 3 heterocycles. The highest BCUT2D eigenvalue weighted by atomic mass is 35.5. The maximum atomic E-state index is 13.1. The third-order valence-corrected chi connectivity index (χ3v) is 5.37. The fourth-order valence-corrected chi connectivity index (χ4v) is 3.72. The standard InChI is InChI=1S/C19H18ClF3N6O/c1-11-10-13(20)2-3-14(11)24-17(30)12-6-8-28(9-7-12)16-5-4-15-25-26-18(19(21,22)23)29(15)27-16/h2-5,10,12H,6-9H2,1H3,(H,24,30). The van der Waals surface area contributed by atoms with E-state index in [1.807, 2.05) is 11.8 Å². The second-order valence-electron chi connectivity index (χ2n) is 7.19. The Bertz CT molecular complexity index is 1090. The number of piperidine rings is 1. The third kappa shape index (κ3) is 4.04. The zero-order chi connectivity index (χ0) is 21.5. The molecule has 3 aromatic rings. The van der Waals surface area contributed by atoms with E-state index in [2.05, 4.69) is 20.6 Å². The number of halogens is 4. The molecule has 0 spiro atoms. The molecule has 30 heavy (non-hydrogen) atoms. The third-order valence-electron chi connectivity index (χ3n) is 5.14. The van der Waals surface area contributed by atoms with Gasteiger partial charge >= 0.3 is 6.18 Å². The Kier molecular flexibility index (Phi) is 5.27. The molecule has 0 radical (unpaired) electrons. The van der Waals surface area contributed by atoms with Gasteiger partial charge in [-0.2, -0.15) is 17.7 Å². The van der Waals surface area contributed by atoms with Gasteiger partial charge in [-0.15, -0.1) is 15.3 Å². The number of hydrogen-bond donors (Lipinski definition) is 1. The summed E-state index contributed by atoms with van der Waals surface area (Å²) in [5, 5.41) is 14.3. The van der Waals surface area contributed by atoms with Crippen molar-refractivity contribution in [2.45, 2.75) is 25.9 Å². The second kappa shape index (κ2) is 7.75. The number of carbonyl (C=O) groups excluding carboxylic acids is 1. The summed E-state index contributed by atoms with van der Waals surface area (Å²) in [5.74, 6) is -1.05. The van der Waals surface area contributed by atoms with Crippen LogP contribution in [0.25, 0.3) is 5.65 Å². The monoisotopic (exact) mass is 438 g/mol. The van der Waals surface area contributed by atoms with E-state index in [1.54, 1.807) is 24.3 Å². The van der Waals surface area contributed by atoms with E-state index in [9.17, 15) is 18.0 Å². The Hall–Kier alpha value is -2.88. The number of carbonyl (C=O) groups is 1. The van der Waals surface area contributed by atoms with Crippen LogP contribution in [0, 0.1) is 12.8 Å². The lowest BCUT2D eigenvalue weighted by Gasteiger charge is -2.32. The van der Waals surface area contributed by atoms with Gasteiger partial charge in [-0.05, 0) is 55.7 Å². The number of fused-ring (bicyclic) bond motifs is 1. The predicted octanol–water partition coefficient (Wildman–Crippen LogP) is 3.96. The van der Waals surface area contributed by atoms with Crippen molar-refractivity contribution in [2.75, 3.05) is 23.3 Å². The molecule has 1 saturated heterocycles. The topological polar surface area (TPSA) is 75.4 Å². The molecule has 2 aromatic heterocycles. The Morgan fingerprint density at radius 1 is 1.17 bits per heavy atom. The van der Waals surface area contributed by atoms with Gasteiger partial charge in [0.1, 0.15) is 5.82 Å². The molecule has 1 aromatic carbocycles. The number of anilines is 2. The highest BCUT2D eigenvalue weighted by molar-refractivity contribution is 6.30. The second-order valence-corrected chi connectivity index (χ2v) is 7.63. The van der Waals surface area contributed by atoms with Crippen molar-refractivity contribution in [1.82, 2.24) is 19.8 Å². The van der Waals surface area contributed by atoms with Crippen molar-refractivity contribution in [3.63, 3.8) is 0 Å². The summed E-state index contributed by atoms with van der Waals surface area (Å²) >= 11 is 5.94. The summed E-state index contributed by atoms with van der Waals surface area (Å²) in [7, 11) is 0. The van der Waals surface area contributed by atoms with Crippen LogP contribution >= 0.6 is 11.6 Å². The molecular formula is C19H18ClF3N6O. The summed E-state index contributed by atoms with van der Waals surface area (Å²) in [6.45, 7) is 2.87. The number of hydrogen-bond acceptors (Lipinski definition) is 5. The molecule has 1 aliphatic rings. The summed E-state index contributed by atoms with van der Waals surface area (Å²) in [6.07, 6.45) is -3.52. The van der Waals surface area contributed by atoms with Crippen LogP contribution in [0.4, 0.5) is 24.7 Å². The molecular weight excluding hydrogens is 421 g/mol. The first-order valence-corrected chi connectivity index (χ1v) is 9.72. The molecule has 0 atom stereocenters. The number of nitrogens with one attached hydrogen (secondary N) is 1. The van der Waals surface area contributed by atoms with E-state index in [1.165, 1.54) is 6.07 Å². The molecule has 1 N–H and O–H groups in total. The Morgan fingerprint density at radius 3 is 2.57 bits per heavy atom. The lowest BCUT2D eigenvalue weighted by atomic mass is 9.95. The minimum atomic E-state index is -4.64. The molecule has 158 valence electrons. The minimum Gasteiger partial charge on any atom is -0.355 e. The Balaban J connectivity index is 1.43. The molecule has 1 aliphatic heterocycles. The van der Waals surface area contributed by atoms with Gasteiger partial charge in [-0.1, -0.05) is 11.6 Å². The number of rotatable bonds is 3. The lowest BCUT2D eigenvalue weighted by Crippen LogP contribution is -2.38. The molecule has 1 fully saturated rings. The molecule has 11 heteroatoms. The first kappa shape index (κ1) is 20.4. The van der Waals surface area contributed by atoms with Crippen molar-refractivity contribution in [2.24, 2.45) is 5.92 Å². The van der Waals surface area contributed by atoms with E-state index in [-0.39, 0.29) is 17.5 Å². The number of amides is 1. The fraction of sp³-hybridized carbons (Fsp3) is 0.368. The molecule has 0 bridgehead atoms. The van der Waals surface area contributed by atoms with E-state index in [0.29, 0.717) is 47.0 Å². The van der Waals surface area contributed by atoms with Crippen LogP contribution in [0.5, 0.6) is 0 Å². The van der Waals surface area contributed by atoms with Crippen LogP contribution in [0.15, 0.2) is 30.3 Å². The maximum absolute atomic E-state index is 13.1. The summed E-state index contributed by atoms with van der Waals surface area (Å²) < 4.78 is 39.9. The van der Waals surface area contributed by atoms with Crippen molar-refractivity contribution in [3.05, 3.63) is 46.7 Å². The van der Waals surface area contributed by atoms with Crippen molar-refractivity contribution < 1.29 is 18.0 Å². The SMILES string of the molecule is Cc1cc(Cl)ccc1NC(=O)C1CCN(c2ccc3nnc(C(F)(F)F)n3n2)CC1. The molecule has 0 unspecified atom stereocenters. The average molecular weight is 439 g/mol. The fourth-order valence-electron chi connectivity index (χ4n) is 3.50. The van der Waals surface area contributed by atoms with Gasteiger partial charge in [-0.25, -0.2) is 0 Å². The average Bonchev–Trinajstić information content (AvgIpc) is 3.14. The first-order chi connectivity index (χ1) is 14.2. The van der Waals surface area contributed by atoms with Gasteiger partial charge in [0.25, 0.3) is 5.82 Å². The highest BCUT2D eigenvalue weighted by Gasteiger charge is 2.38. The minimum absolute atomic E-state index is 0.0265. The zero-order valence-electron chi connectivity index (χ0n) is 15.9. The van der Waals surface area contributed by atoms with Crippen LogP contribution in [0.2, 0.25) is 5.02 Å². The van der Waals surface area contributed by atoms with E-state index < -0.39 is 12.0 Å². The predicted molar refractivity (Wildman–Crippen MR) is 106 cm³/mol. The van der Waals surface area contributed by atoms with Gasteiger partial charge in [0.15, 0.2) is 5.65 Å². The van der Waals surface area contributed by atoms with Crippen LogP contribution in [-0.4, -0.2) is 38.8 Å². The van der Waals surface area contributed by atoms with E-state index in [4.69, 9.17) is 11.6 Å². The first-order valence-electron chi connectivity index (χ1n) is 9.34. The number of benzene rings is 1. The number of alkyl halides is 3. The smallest absolute Gasteiger partial charge is 0.355 e. The lowest BCUT2D eigenvalue weighted by molar-refractivity contribution is -0.146. The molecule has 0 aliphatic carbocycles. The Morgan fingerprint density at radius 2 is 1.90 bits per heavy atom. The van der Waals surface area contributed by atoms with Gasteiger partial charge in [0.2, 0.25) is 5.91 Å². The number of aryl methyl sites for hydroxylation is 1. The summed E-state index contributed by atoms with van der Waals surface area (Å²) in [6, 6.07) is 8.33. The zero-order valence-corrected chi connectivity index (χ0v) is 16.7. The maximum Gasteiger partial charge on any atom is 0.453 e. The van der Waals surface area contributed by atoms with Crippen LogP contribution in [0.1, 0.15) is 24.2 Å². The normalized spacial score (nSPS) is 15.6. The van der Waals surface area contributed by atoms with Gasteiger partial charge < -0.3 is 10.2 Å². The van der Waals surface area contributed by atoms with E-state index >= 15 is 0 Å². The van der Waals surface area contributed by atoms with Gasteiger partial charge in [-0.3, -0.25) is 4.79 Å². The van der Waals surface area contributed by atoms with Crippen LogP contribution in [-0.2, 0) is 11.0 Å². The molecule has 7 nitrogen and oxygen atoms in total. The van der Waals surface area contributed by atoms with Crippen LogP contribution < -0.4 is 10.2 Å². The number of nitrogens with zero attached hydrogens (tertiary/aromatic N) is 5. The highest BCUT2D eigenvalue weighted by Crippen LogP contribution is 2.29. The van der Waals surface area contributed by atoms with Crippen molar-refractivity contribution in [3.8, 4) is 0 Å². The number of aromatic nitrogens is 4. The van der Waals surface area contributed by atoms with Crippen LogP contribution in [0.3, 0.4) is 0 Å². The quantitative estimate of drug-likeness (QED) is 0.670. The van der Waals surface area contributed by atoms with Crippen molar-refractivity contribution in [1.29, 1.82) is 0 Å². The largest absolute Gasteiger partial charge is 0.453 e.